The molecule has 1 atom stereocenters. The summed E-state index contributed by atoms with van der Waals surface area (Å²) in [5, 5.41) is 10.0. The van der Waals surface area contributed by atoms with Crippen LogP contribution in [0.1, 0.15) is 19.3 Å². The van der Waals surface area contributed by atoms with Gasteiger partial charge >= 0.3 is 0 Å². The fraction of sp³-hybridized carbons (Fsp3) is 1.00. The Bertz CT molecular complexity index is 156. The summed E-state index contributed by atoms with van der Waals surface area (Å²) in [5.74, 6) is 0. The highest BCUT2D eigenvalue weighted by atomic mass is 16.6. The normalized spacial score (nSPS) is 22.9. The Balaban J connectivity index is 1.95. The minimum atomic E-state index is -0.280. The average Bonchev–Trinajstić information content (AvgIpc) is 2.14. The maximum atomic E-state index is 10.0. The maximum absolute atomic E-state index is 10.0. The van der Waals surface area contributed by atoms with Gasteiger partial charge in [0.15, 0.2) is 0 Å². The van der Waals surface area contributed by atoms with Crippen molar-refractivity contribution in [1.29, 1.82) is 0 Å². The highest BCUT2D eigenvalue weighted by Gasteiger charge is 2.13. The molecule has 1 fully saturated rings. The molecule has 1 aliphatic rings. The zero-order valence-electron chi connectivity index (χ0n) is 7.61. The van der Waals surface area contributed by atoms with Crippen LogP contribution in [0, 0.1) is 10.1 Å². The molecule has 0 bridgehead atoms. The van der Waals surface area contributed by atoms with Crippen molar-refractivity contribution in [2.45, 2.75) is 25.4 Å². The lowest BCUT2D eigenvalue weighted by molar-refractivity contribution is -0.480. The number of unbranched alkanes of at least 4 members (excludes halogenated alkanes) is 1. The summed E-state index contributed by atoms with van der Waals surface area (Å²) < 4.78 is 10.6. The SMILES string of the molecule is O=[N+]([O-])CCCCC1COCCO1. The van der Waals surface area contributed by atoms with E-state index in [1.807, 2.05) is 0 Å². The lowest BCUT2D eigenvalue weighted by Crippen LogP contribution is -2.28. The van der Waals surface area contributed by atoms with E-state index in [9.17, 15) is 10.1 Å². The van der Waals surface area contributed by atoms with E-state index >= 15 is 0 Å². The Morgan fingerprint density at radius 1 is 1.38 bits per heavy atom. The van der Waals surface area contributed by atoms with Crippen molar-refractivity contribution < 1.29 is 14.4 Å². The van der Waals surface area contributed by atoms with Crippen LogP contribution in [0.25, 0.3) is 0 Å². The molecular formula is C8H15NO4. The summed E-state index contributed by atoms with van der Waals surface area (Å²) in [6.45, 7) is 2.03. The first-order valence-corrected chi connectivity index (χ1v) is 4.60. The fourth-order valence-electron chi connectivity index (χ4n) is 1.32. The molecular weight excluding hydrogens is 174 g/mol. The van der Waals surface area contributed by atoms with Crippen LogP contribution in [0.2, 0.25) is 0 Å². The van der Waals surface area contributed by atoms with E-state index in [1.54, 1.807) is 0 Å². The molecule has 13 heavy (non-hydrogen) atoms. The van der Waals surface area contributed by atoms with Crippen LogP contribution in [-0.2, 0) is 9.47 Å². The van der Waals surface area contributed by atoms with Gasteiger partial charge in [-0.25, -0.2) is 0 Å². The van der Waals surface area contributed by atoms with Crippen LogP contribution in [-0.4, -0.2) is 37.4 Å². The van der Waals surface area contributed by atoms with E-state index in [1.165, 1.54) is 0 Å². The van der Waals surface area contributed by atoms with Crippen LogP contribution in [0.3, 0.4) is 0 Å². The quantitative estimate of drug-likeness (QED) is 0.365. The lowest BCUT2D eigenvalue weighted by atomic mass is 10.1. The average molecular weight is 189 g/mol. The van der Waals surface area contributed by atoms with E-state index in [-0.39, 0.29) is 17.6 Å². The standard InChI is InChI=1S/C8H15NO4/c10-9(11)4-2-1-3-8-7-12-5-6-13-8/h8H,1-7H2. The van der Waals surface area contributed by atoms with Crippen molar-refractivity contribution in [2.24, 2.45) is 0 Å². The van der Waals surface area contributed by atoms with Crippen LogP contribution < -0.4 is 0 Å². The first-order chi connectivity index (χ1) is 6.29. The molecule has 1 saturated heterocycles. The third kappa shape index (κ3) is 4.80. The predicted octanol–water partition coefficient (Wildman–Crippen LogP) is 0.849. The van der Waals surface area contributed by atoms with Gasteiger partial charge in [0, 0.05) is 11.3 Å². The molecule has 0 amide bonds. The zero-order chi connectivity index (χ0) is 9.52. The number of ether oxygens (including phenoxy) is 2. The molecule has 1 rings (SSSR count). The van der Waals surface area contributed by atoms with Gasteiger partial charge in [-0.3, -0.25) is 10.1 Å². The van der Waals surface area contributed by atoms with Gasteiger partial charge in [0.1, 0.15) is 0 Å². The molecule has 1 unspecified atom stereocenters. The van der Waals surface area contributed by atoms with E-state index in [0.717, 1.165) is 12.8 Å². The molecule has 0 aromatic carbocycles. The van der Waals surface area contributed by atoms with Gasteiger partial charge in [-0.2, -0.15) is 0 Å². The van der Waals surface area contributed by atoms with E-state index in [0.29, 0.717) is 26.2 Å². The third-order valence-electron chi connectivity index (χ3n) is 2.00. The number of hydrogen-bond donors (Lipinski definition) is 0. The van der Waals surface area contributed by atoms with Gasteiger partial charge < -0.3 is 9.47 Å². The second kappa shape index (κ2) is 5.88. The van der Waals surface area contributed by atoms with Gasteiger partial charge in [-0.15, -0.1) is 0 Å². The molecule has 0 spiro atoms. The molecule has 0 radical (unpaired) electrons. The Morgan fingerprint density at radius 3 is 2.85 bits per heavy atom. The van der Waals surface area contributed by atoms with Crippen molar-refractivity contribution >= 4 is 0 Å². The van der Waals surface area contributed by atoms with Crippen molar-refractivity contribution in [1.82, 2.24) is 0 Å². The van der Waals surface area contributed by atoms with E-state index < -0.39 is 0 Å². The molecule has 0 aromatic heterocycles. The molecule has 0 saturated carbocycles. The van der Waals surface area contributed by atoms with E-state index in [4.69, 9.17) is 9.47 Å². The van der Waals surface area contributed by atoms with Crippen molar-refractivity contribution in [3.8, 4) is 0 Å². The summed E-state index contributed by atoms with van der Waals surface area (Å²) >= 11 is 0. The van der Waals surface area contributed by atoms with Crippen molar-refractivity contribution in [3.63, 3.8) is 0 Å². The first kappa shape index (κ1) is 10.4. The highest BCUT2D eigenvalue weighted by molar-refractivity contribution is 4.60. The summed E-state index contributed by atoms with van der Waals surface area (Å²) in [7, 11) is 0. The molecule has 76 valence electrons. The van der Waals surface area contributed by atoms with Crippen molar-refractivity contribution in [2.75, 3.05) is 26.4 Å². The maximum Gasteiger partial charge on any atom is 0.203 e. The van der Waals surface area contributed by atoms with Crippen LogP contribution in [0.15, 0.2) is 0 Å². The largest absolute Gasteiger partial charge is 0.376 e. The fourth-order valence-corrected chi connectivity index (χ4v) is 1.32. The van der Waals surface area contributed by atoms with Crippen LogP contribution in [0.5, 0.6) is 0 Å². The number of nitro groups is 1. The minimum absolute atomic E-state index is 0.0631. The van der Waals surface area contributed by atoms with E-state index in [2.05, 4.69) is 0 Å². The zero-order valence-corrected chi connectivity index (χ0v) is 7.61. The molecule has 0 aliphatic carbocycles. The van der Waals surface area contributed by atoms with Gasteiger partial charge in [-0.05, 0) is 12.8 Å². The Hall–Kier alpha value is -0.680. The lowest BCUT2D eigenvalue weighted by Gasteiger charge is -2.22. The summed E-state index contributed by atoms with van der Waals surface area (Å²) in [5.41, 5.74) is 0. The second-order valence-electron chi connectivity index (χ2n) is 3.12. The minimum Gasteiger partial charge on any atom is -0.376 e. The summed E-state index contributed by atoms with van der Waals surface area (Å²) in [6, 6.07) is 0. The smallest absolute Gasteiger partial charge is 0.203 e. The predicted molar refractivity (Wildman–Crippen MR) is 46.3 cm³/mol. The summed E-state index contributed by atoms with van der Waals surface area (Å²) in [6.07, 6.45) is 2.50. The highest BCUT2D eigenvalue weighted by Crippen LogP contribution is 2.08. The molecule has 5 nitrogen and oxygen atoms in total. The van der Waals surface area contributed by atoms with Gasteiger partial charge in [0.05, 0.1) is 25.9 Å². The molecule has 1 aliphatic heterocycles. The third-order valence-corrected chi connectivity index (χ3v) is 2.00. The molecule has 5 heteroatoms. The molecule has 1 heterocycles. The monoisotopic (exact) mass is 189 g/mol. The van der Waals surface area contributed by atoms with Crippen LogP contribution >= 0.6 is 0 Å². The number of hydrogen-bond acceptors (Lipinski definition) is 4. The number of nitrogens with zero attached hydrogens (tertiary/aromatic N) is 1. The molecule has 0 N–H and O–H groups in total. The van der Waals surface area contributed by atoms with Crippen LogP contribution in [0.4, 0.5) is 0 Å². The Morgan fingerprint density at radius 2 is 2.23 bits per heavy atom. The summed E-state index contributed by atoms with van der Waals surface area (Å²) in [4.78, 5) is 9.72. The van der Waals surface area contributed by atoms with Gasteiger partial charge in [0.25, 0.3) is 0 Å². The first-order valence-electron chi connectivity index (χ1n) is 4.60. The van der Waals surface area contributed by atoms with Gasteiger partial charge in [0.2, 0.25) is 6.54 Å². The second-order valence-corrected chi connectivity index (χ2v) is 3.12. The number of rotatable bonds is 5. The Kier molecular flexibility index (Phi) is 4.70. The topological polar surface area (TPSA) is 61.6 Å². The Labute approximate surface area is 77.2 Å². The molecule has 0 aromatic rings. The van der Waals surface area contributed by atoms with Crippen molar-refractivity contribution in [3.05, 3.63) is 10.1 Å². The van der Waals surface area contributed by atoms with Gasteiger partial charge in [-0.1, -0.05) is 0 Å².